The molecule has 0 aliphatic heterocycles. The molecule has 0 bridgehead atoms. The second-order valence-electron chi connectivity index (χ2n) is 3.84. The molecule has 1 aromatic heterocycles. The van der Waals surface area contributed by atoms with Crippen LogP contribution in [0, 0.1) is 18.3 Å². The molecule has 0 aliphatic rings. The number of thiol groups is 1. The third kappa shape index (κ3) is 2.29. The Bertz CT molecular complexity index is 631. The highest BCUT2D eigenvalue weighted by molar-refractivity contribution is 7.79. The van der Waals surface area contributed by atoms with E-state index in [-0.39, 0.29) is 0 Å². The fourth-order valence-electron chi connectivity index (χ4n) is 1.76. The van der Waals surface area contributed by atoms with Gasteiger partial charge in [0.2, 0.25) is 0 Å². The molecular formula is C13H12N4S. The van der Waals surface area contributed by atoms with Gasteiger partial charge >= 0.3 is 0 Å². The van der Waals surface area contributed by atoms with Crippen LogP contribution in [0.5, 0.6) is 0 Å². The molecule has 0 fully saturated rings. The molecule has 0 radical (unpaired) electrons. The van der Waals surface area contributed by atoms with E-state index in [1.54, 1.807) is 19.1 Å². The summed E-state index contributed by atoms with van der Waals surface area (Å²) in [5, 5.41) is 9.26. The molecule has 0 unspecified atom stereocenters. The molecular weight excluding hydrogens is 244 g/mol. The Morgan fingerprint density at radius 3 is 2.78 bits per heavy atom. The number of nitrogens with zero attached hydrogens (tertiary/aromatic N) is 3. The fraction of sp³-hybridized carbons (Fsp3) is 0.154. The molecule has 0 atom stereocenters. The average molecular weight is 256 g/mol. The zero-order chi connectivity index (χ0) is 13.1. The molecule has 18 heavy (non-hydrogen) atoms. The lowest BCUT2D eigenvalue weighted by molar-refractivity contribution is 0.999. The molecule has 0 saturated heterocycles. The fourth-order valence-corrected chi connectivity index (χ4v) is 1.99. The van der Waals surface area contributed by atoms with Gasteiger partial charge in [-0.2, -0.15) is 17.9 Å². The van der Waals surface area contributed by atoms with E-state index in [2.05, 4.69) is 28.7 Å². The first kappa shape index (κ1) is 12.4. The summed E-state index contributed by atoms with van der Waals surface area (Å²) in [6, 6.07) is 9.45. The first-order valence-corrected chi connectivity index (χ1v) is 6.03. The van der Waals surface area contributed by atoms with Gasteiger partial charge in [-0.15, -0.1) is 0 Å². The van der Waals surface area contributed by atoms with Gasteiger partial charge in [0.05, 0.1) is 11.4 Å². The minimum atomic E-state index is 0.404. The molecule has 0 spiro atoms. The van der Waals surface area contributed by atoms with Crippen LogP contribution in [0.2, 0.25) is 0 Å². The van der Waals surface area contributed by atoms with Crippen molar-refractivity contribution < 1.29 is 0 Å². The summed E-state index contributed by atoms with van der Waals surface area (Å²) >= 11 is 4.20. The minimum absolute atomic E-state index is 0.404. The maximum atomic E-state index is 9.26. The Morgan fingerprint density at radius 2 is 2.17 bits per heavy atom. The quantitative estimate of drug-likeness (QED) is 0.638. The van der Waals surface area contributed by atoms with Gasteiger partial charge in [-0.1, -0.05) is 12.1 Å². The van der Waals surface area contributed by atoms with Crippen LogP contribution in [-0.4, -0.2) is 9.97 Å². The van der Waals surface area contributed by atoms with Crippen molar-refractivity contribution in [1.82, 2.24) is 9.97 Å². The second kappa shape index (κ2) is 5.07. The van der Waals surface area contributed by atoms with Crippen molar-refractivity contribution in [2.45, 2.75) is 12.7 Å². The van der Waals surface area contributed by atoms with E-state index in [0.717, 1.165) is 5.56 Å². The summed E-state index contributed by atoms with van der Waals surface area (Å²) < 4.78 is 0. The number of hydrogen-bond donors (Lipinski definition) is 2. The zero-order valence-electron chi connectivity index (χ0n) is 9.88. The minimum Gasteiger partial charge on any atom is -0.399 e. The maximum absolute atomic E-state index is 9.26. The highest BCUT2D eigenvalue weighted by Gasteiger charge is 2.13. The van der Waals surface area contributed by atoms with Crippen LogP contribution >= 0.6 is 12.6 Å². The topological polar surface area (TPSA) is 75.6 Å². The largest absolute Gasteiger partial charge is 0.399 e. The van der Waals surface area contributed by atoms with E-state index in [1.807, 2.05) is 12.1 Å². The van der Waals surface area contributed by atoms with Gasteiger partial charge in [0.25, 0.3) is 0 Å². The number of nitriles is 1. The first-order chi connectivity index (χ1) is 8.65. The molecule has 2 N–H and O–H groups in total. The highest BCUT2D eigenvalue weighted by Crippen LogP contribution is 2.25. The van der Waals surface area contributed by atoms with Gasteiger partial charge in [0, 0.05) is 17.0 Å². The van der Waals surface area contributed by atoms with Crippen LogP contribution in [-0.2, 0) is 5.75 Å². The van der Waals surface area contributed by atoms with Gasteiger partial charge in [0.1, 0.15) is 17.5 Å². The lowest BCUT2D eigenvalue weighted by Gasteiger charge is -2.08. The molecule has 1 heterocycles. The van der Waals surface area contributed by atoms with E-state index in [1.165, 1.54) is 0 Å². The maximum Gasteiger partial charge on any atom is 0.126 e. The monoisotopic (exact) mass is 256 g/mol. The third-order valence-corrected chi connectivity index (χ3v) is 2.82. The van der Waals surface area contributed by atoms with Gasteiger partial charge in [0.15, 0.2) is 0 Å². The van der Waals surface area contributed by atoms with Crippen molar-refractivity contribution in [3.8, 4) is 17.3 Å². The first-order valence-electron chi connectivity index (χ1n) is 5.40. The van der Waals surface area contributed by atoms with Crippen molar-refractivity contribution >= 4 is 18.3 Å². The predicted octanol–water partition coefficient (Wildman–Crippen LogP) is 2.34. The van der Waals surface area contributed by atoms with E-state index in [0.29, 0.717) is 34.2 Å². The van der Waals surface area contributed by atoms with Crippen LogP contribution in [0.15, 0.2) is 24.3 Å². The summed E-state index contributed by atoms with van der Waals surface area (Å²) in [4.78, 5) is 8.57. The number of hydrogen-bond acceptors (Lipinski definition) is 5. The van der Waals surface area contributed by atoms with E-state index in [4.69, 9.17) is 5.73 Å². The van der Waals surface area contributed by atoms with Crippen LogP contribution in [0.3, 0.4) is 0 Å². The molecule has 0 aliphatic carbocycles. The number of aromatic nitrogens is 2. The smallest absolute Gasteiger partial charge is 0.126 e. The lowest BCUT2D eigenvalue weighted by atomic mass is 10.0. The Kier molecular flexibility index (Phi) is 3.49. The van der Waals surface area contributed by atoms with Crippen LogP contribution in [0.25, 0.3) is 11.3 Å². The van der Waals surface area contributed by atoms with Crippen molar-refractivity contribution in [3.05, 3.63) is 41.3 Å². The number of nitrogens with two attached hydrogens (primary N) is 1. The van der Waals surface area contributed by atoms with Gasteiger partial charge < -0.3 is 5.73 Å². The van der Waals surface area contributed by atoms with Crippen molar-refractivity contribution in [1.29, 1.82) is 5.26 Å². The number of nitrogen functional groups attached to an aromatic ring is 1. The van der Waals surface area contributed by atoms with Crippen molar-refractivity contribution in [3.63, 3.8) is 0 Å². The van der Waals surface area contributed by atoms with Gasteiger partial charge in [-0.05, 0) is 19.1 Å². The summed E-state index contributed by atoms with van der Waals surface area (Å²) in [7, 11) is 0. The molecule has 90 valence electrons. The second-order valence-corrected chi connectivity index (χ2v) is 4.15. The van der Waals surface area contributed by atoms with Crippen LogP contribution in [0.1, 0.15) is 17.1 Å². The van der Waals surface area contributed by atoms with E-state index < -0.39 is 0 Å². The molecule has 0 saturated carbocycles. The predicted molar refractivity (Wildman–Crippen MR) is 74.0 cm³/mol. The number of rotatable bonds is 2. The Balaban J connectivity index is 2.71. The molecule has 4 nitrogen and oxygen atoms in total. The summed E-state index contributed by atoms with van der Waals surface area (Å²) in [5.74, 6) is 1.03. The van der Waals surface area contributed by atoms with Gasteiger partial charge in [-0.25, -0.2) is 9.97 Å². The molecule has 0 amide bonds. The summed E-state index contributed by atoms with van der Waals surface area (Å²) in [5.41, 5.74) is 8.93. The van der Waals surface area contributed by atoms with Crippen molar-refractivity contribution in [2.75, 3.05) is 5.73 Å². The van der Waals surface area contributed by atoms with Gasteiger partial charge in [-0.3, -0.25) is 0 Å². The summed E-state index contributed by atoms with van der Waals surface area (Å²) in [6.07, 6.45) is 0. The Morgan fingerprint density at radius 1 is 1.39 bits per heavy atom. The zero-order valence-corrected chi connectivity index (χ0v) is 10.8. The summed E-state index contributed by atoms with van der Waals surface area (Å²) in [6.45, 7) is 1.80. The third-order valence-electron chi connectivity index (χ3n) is 2.52. The molecule has 2 rings (SSSR count). The van der Waals surface area contributed by atoms with Crippen molar-refractivity contribution in [2.24, 2.45) is 0 Å². The van der Waals surface area contributed by atoms with E-state index in [9.17, 15) is 5.26 Å². The Labute approximate surface area is 111 Å². The molecule has 1 aromatic carbocycles. The normalized spacial score (nSPS) is 10.1. The number of anilines is 1. The van der Waals surface area contributed by atoms with Crippen LogP contribution < -0.4 is 5.73 Å². The highest BCUT2D eigenvalue weighted by atomic mass is 32.1. The molecule has 2 aromatic rings. The van der Waals surface area contributed by atoms with Crippen LogP contribution in [0.4, 0.5) is 5.69 Å². The number of benzene rings is 1. The SMILES string of the molecule is Cc1nc(CS)c(C#N)c(-c2cccc(N)c2)n1. The average Bonchev–Trinajstić information content (AvgIpc) is 2.37. The lowest BCUT2D eigenvalue weighted by Crippen LogP contribution is -2.02. The Hall–Kier alpha value is -2.06. The van der Waals surface area contributed by atoms with E-state index >= 15 is 0 Å². The molecule has 5 heteroatoms. The standard InChI is InChI=1S/C13H12N4S/c1-8-16-12(7-18)11(6-14)13(17-8)9-3-2-4-10(15)5-9/h2-5,18H,7,15H2,1H3. The number of aryl methyl sites for hydroxylation is 1.